The summed E-state index contributed by atoms with van der Waals surface area (Å²) in [5, 5.41) is 0.826. The van der Waals surface area contributed by atoms with Crippen LogP contribution in [-0.2, 0) is 6.61 Å². The van der Waals surface area contributed by atoms with Gasteiger partial charge in [0.1, 0.15) is 23.2 Å². The van der Waals surface area contributed by atoms with Crippen molar-refractivity contribution in [2.24, 2.45) is 5.73 Å². The summed E-state index contributed by atoms with van der Waals surface area (Å²) in [6.45, 7) is 0.127. The molecule has 2 nitrogen and oxygen atoms in total. The number of hydrogen-bond acceptors (Lipinski definition) is 2. The van der Waals surface area contributed by atoms with Crippen molar-refractivity contribution in [3.63, 3.8) is 0 Å². The molecule has 2 rings (SSSR count). The van der Waals surface area contributed by atoms with Gasteiger partial charge < -0.3 is 10.5 Å². The first-order valence-corrected chi connectivity index (χ1v) is 6.80. The van der Waals surface area contributed by atoms with Crippen LogP contribution in [0.5, 0.6) is 5.75 Å². The van der Waals surface area contributed by atoms with E-state index in [1.54, 1.807) is 18.2 Å². The van der Waals surface area contributed by atoms with Gasteiger partial charge in [0, 0.05) is 17.2 Å². The molecule has 20 heavy (non-hydrogen) atoms. The van der Waals surface area contributed by atoms with E-state index >= 15 is 0 Å². The van der Waals surface area contributed by atoms with Crippen molar-refractivity contribution in [2.45, 2.75) is 6.61 Å². The number of benzene rings is 2. The minimum Gasteiger partial charge on any atom is -0.489 e. The number of hydrogen-bond donors (Lipinski definition) is 1. The summed E-state index contributed by atoms with van der Waals surface area (Å²) < 4.78 is 18.8. The standard InChI is InChI=1S/C14H10Cl2FNOS/c15-12-4-2-10(6-13(12)16)19-7-8-5-9(17)1-3-11(8)14(18)20/h1-6H,7H2,(H2,18,20). The maximum Gasteiger partial charge on any atom is 0.123 e. The largest absolute Gasteiger partial charge is 0.489 e. The molecule has 0 aliphatic rings. The van der Waals surface area contributed by atoms with Gasteiger partial charge in [-0.3, -0.25) is 0 Å². The summed E-state index contributed by atoms with van der Waals surface area (Å²) in [6.07, 6.45) is 0. The minimum absolute atomic E-state index is 0.127. The second-order valence-corrected chi connectivity index (χ2v) is 5.28. The zero-order valence-corrected chi connectivity index (χ0v) is 12.5. The predicted molar refractivity (Wildman–Crippen MR) is 83.1 cm³/mol. The molecule has 0 aromatic heterocycles. The van der Waals surface area contributed by atoms with Gasteiger partial charge in [0.15, 0.2) is 0 Å². The first kappa shape index (κ1) is 15.0. The van der Waals surface area contributed by atoms with E-state index in [0.29, 0.717) is 26.9 Å². The van der Waals surface area contributed by atoms with Gasteiger partial charge in [0.25, 0.3) is 0 Å². The summed E-state index contributed by atoms with van der Waals surface area (Å²) >= 11 is 16.6. The van der Waals surface area contributed by atoms with Gasteiger partial charge in [-0.05, 0) is 30.3 Å². The molecule has 0 spiro atoms. The Labute approximate surface area is 131 Å². The molecule has 0 heterocycles. The van der Waals surface area contributed by atoms with Crippen LogP contribution < -0.4 is 10.5 Å². The zero-order chi connectivity index (χ0) is 14.7. The Morgan fingerprint density at radius 1 is 1.15 bits per heavy atom. The molecule has 0 atom stereocenters. The quantitative estimate of drug-likeness (QED) is 0.847. The molecule has 0 unspecified atom stereocenters. The van der Waals surface area contributed by atoms with Crippen molar-refractivity contribution >= 4 is 40.4 Å². The Bertz CT molecular complexity index is 664. The van der Waals surface area contributed by atoms with Crippen LogP contribution in [-0.4, -0.2) is 4.99 Å². The molecule has 0 bridgehead atoms. The fourth-order valence-electron chi connectivity index (χ4n) is 1.65. The van der Waals surface area contributed by atoms with Crippen LogP contribution in [0.2, 0.25) is 10.0 Å². The van der Waals surface area contributed by atoms with E-state index in [1.165, 1.54) is 18.2 Å². The van der Waals surface area contributed by atoms with Crippen molar-refractivity contribution in [1.82, 2.24) is 0 Å². The second-order valence-electron chi connectivity index (χ2n) is 4.03. The molecule has 2 aromatic rings. The van der Waals surface area contributed by atoms with Crippen LogP contribution in [0.4, 0.5) is 4.39 Å². The third-order valence-electron chi connectivity index (χ3n) is 2.62. The summed E-state index contributed by atoms with van der Waals surface area (Å²) in [7, 11) is 0. The van der Waals surface area contributed by atoms with Crippen LogP contribution in [0.3, 0.4) is 0 Å². The molecule has 104 valence electrons. The third-order valence-corrected chi connectivity index (χ3v) is 3.58. The average molecular weight is 330 g/mol. The summed E-state index contributed by atoms with van der Waals surface area (Å²) in [6, 6.07) is 9.06. The monoisotopic (exact) mass is 329 g/mol. The lowest BCUT2D eigenvalue weighted by Gasteiger charge is -2.11. The molecule has 0 amide bonds. The summed E-state index contributed by atoms with van der Waals surface area (Å²) in [5.74, 6) is 0.148. The first-order chi connectivity index (χ1) is 9.47. The van der Waals surface area contributed by atoms with E-state index in [9.17, 15) is 4.39 Å². The zero-order valence-electron chi connectivity index (χ0n) is 10.2. The lowest BCUT2D eigenvalue weighted by atomic mass is 10.1. The van der Waals surface area contributed by atoms with E-state index in [-0.39, 0.29) is 17.4 Å². The van der Waals surface area contributed by atoms with Gasteiger partial charge in [-0.25, -0.2) is 4.39 Å². The van der Waals surface area contributed by atoms with Gasteiger partial charge in [0.2, 0.25) is 0 Å². The molecule has 0 aliphatic heterocycles. The Kier molecular flexibility index (Phi) is 4.81. The van der Waals surface area contributed by atoms with Gasteiger partial charge in [-0.15, -0.1) is 0 Å². The molecular weight excluding hydrogens is 320 g/mol. The normalized spacial score (nSPS) is 10.3. The van der Waals surface area contributed by atoms with Gasteiger partial charge in [0.05, 0.1) is 10.0 Å². The molecule has 0 saturated heterocycles. The van der Waals surface area contributed by atoms with Gasteiger partial charge >= 0.3 is 0 Å². The third kappa shape index (κ3) is 3.60. The van der Waals surface area contributed by atoms with Crippen LogP contribution in [0.1, 0.15) is 11.1 Å². The predicted octanol–water partition coefficient (Wildman–Crippen LogP) is 4.35. The maximum absolute atomic E-state index is 13.3. The van der Waals surface area contributed by atoms with Gasteiger partial charge in [-0.1, -0.05) is 35.4 Å². The second kappa shape index (κ2) is 6.39. The summed E-state index contributed by atoms with van der Waals surface area (Å²) in [4.78, 5) is 0.192. The Balaban J connectivity index is 2.20. The highest BCUT2D eigenvalue weighted by Gasteiger charge is 2.08. The van der Waals surface area contributed by atoms with Crippen molar-refractivity contribution in [2.75, 3.05) is 0 Å². The van der Waals surface area contributed by atoms with Crippen molar-refractivity contribution in [3.05, 3.63) is 63.4 Å². The molecule has 0 fully saturated rings. The molecular formula is C14H10Cl2FNOS. The van der Waals surface area contributed by atoms with Crippen LogP contribution in [0.25, 0.3) is 0 Å². The molecule has 0 saturated carbocycles. The fraction of sp³-hybridized carbons (Fsp3) is 0.0714. The maximum atomic E-state index is 13.3. The van der Waals surface area contributed by atoms with Gasteiger partial charge in [-0.2, -0.15) is 0 Å². The highest BCUT2D eigenvalue weighted by atomic mass is 35.5. The smallest absolute Gasteiger partial charge is 0.123 e. The average Bonchev–Trinajstić information content (AvgIpc) is 2.40. The molecule has 2 aromatic carbocycles. The van der Waals surface area contributed by atoms with E-state index in [4.69, 9.17) is 45.9 Å². The lowest BCUT2D eigenvalue weighted by molar-refractivity contribution is 0.305. The van der Waals surface area contributed by atoms with Crippen LogP contribution >= 0.6 is 35.4 Å². The van der Waals surface area contributed by atoms with E-state index in [1.807, 2.05) is 0 Å². The molecule has 0 radical (unpaired) electrons. The minimum atomic E-state index is -0.377. The highest BCUT2D eigenvalue weighted by Crippen LogP contribution is 2.27. The van der Waals surface area contributed by atoms with Crippen LogP contribution in [0.15, 0.2) is 36.4 Å². The number of rotatable bonds is 4. The Morgan fingerprint density at radius 3 is 2.55 bits per heavy atom. The fourth-order valence-corrected chi connectivity index (χ4v) is 2.14. The molecule has 0 aliphatic carbocycles. The van der Waals surface area contributed by atoms with Crippen LogP contribution in [0, 0.1) is 5.82 Å². The molecule has 6 heteroatoms. The van der Waals surface area contributed by atoms with E-state index < -0.39 is 0 Å². The Morgan fingerprint density at radius 2 is 1.90 bits per heavy atom. The highest BCUT2D eigenvalue weighted by molar-refractivity contribution is 7.80. The topological polar surface area (TPSA) is 35.2 Å². The SMILES string of the molecule is NC(=S)c1ccc(F)cc1COc1ccc(Cl)c(Cl)c1. The Hall–Kier alpha value is -1.36. The number of thiocarbonyl (C=S) groups is 1. The lowest BCUT2D eigenvalue weighted by Crippen LogP contribution is -2.13. The van der Waals surface area contributed by atoms with Crippen molar-refractivity contribution in [3.8, 4) is 5.75 Å². The van der Waals surface area contributed by atoms with E-state index in [0.717, 1.165) is 0 Å². The number of halogens is 3. The first-order valence-electron chi connectivity index (χ1n) is 5.63. The summed E-state index contributed by atoms with van der Waals surface area (Å²) in [5.41, 5.74) is 6.75. The van der Waals surface area contributed by atoms with Crippen molar-refractivity contribution in [1.29, 1.82) is 0 Å². The van der Waals surface area contributed by atoms with E-state index in [2.05, 4.69) is 0 Å². The molecule has 2 N–H and O–H groups in total. The van der Waals surface area contributed by atoms with Crippen molar-refractivity contribution < 1.29 is 9.13 Å². The number of nitrogens with two attached hydrogens (primary N) is 1. The number of ether oxygens (including phenoxy) is 1.